The first-order chi connectivity index (χ1) is 8.26. The summed E-state index contributed by atoms with van der Waals surface area (Å²) >= 11 is 0. The number of amides is 1. The largest absolute Gasteiger partial charge is 0.338 e. The van der Waals surface area contributed by atoms with E-state index in [2.05, 4.69) is 11.4 Å². The number of nitrogens with one attached hydrogen (secondary N) is 1. The van der Waals surface area contributed by atoms with Crippen LogP contribution < -0.4 is 5.32 Å². The molecule has 0 aromatic carbocycles. The summed E-state index contributed by atoms with van der Waals surface area (Å²) < 4.78 is 0. The maximum absolute atomic E-state index is 12.2. The molecule has 0 heterocycles. The molecule has 2 atom stereocenters. The molecule has 92 valence electrons. The molecule has 3 aliphatic rings. The molecule has 1 N–H and O–H groups in total. The van der Waals surface area contributed by atoms with Crippen molar-refractivity contribution in [2.75, 3.05) is 0 Å². The van der Waals surface area contributed by atoms with Crippen LogP contribution in [-0.4, -0.2) is 11.4 Å². The Kier molecular flexibility index (Phi) is 2.61. The standard InChI is InChI=1S/C14H20N2O/c15-9-14(7-3-4-8-14)16-13(17)12-10-5-1-2-6-11(10)12/h10-12H,1-8H2,(H,16,17). The fraction of sp³-hybridized carbons (Fsp3) is 0.857. The van der Waals surface area contributed by atoms with Crippen LogP contribution in [0, 0.1) is 29.1 Å². The molecule has 3 rings (SSSR count). The van der Waals surface area contributed by atoms with Gasteiger partial charge in [-0.3, -0.25) is 4.79 Å². The number of hydrogen-bond acceptors (Lipinski definition) is 2. The van der Waals surface area contributed by atoms with Gasteiger partial charge in [0.15, 0.2) is 0 Å². The molecule has 0 aliphatic heterocycles. The van der Waals surface area contributed by atoms with Gasteiger partial charge in [-0.25, -0.2) is 0 Å². The van der Waals surface area contributed by atoms with E-state index in [4.69, 9.17) is 0 Å². The fourth-order valence-corrected chi connectivity index (χ4v) is 3.94. The highest BCUT2D eigenvalue weighted by Gasteiger charge is 2.55. The van der Waals surface area contributed by atoms with Crippen LogP contribution in [0.5, 0.6) is 0 Å². The fourth-order valence-electron chi connectivity index (χ4n) is 3.94. The number of rotatable bonds is 2. The first kappa shape index (κ1) is 11.1. The molecule has 3 nitrogen and oxygen atoms in total. The van der Waals surface area contributed by atoms with Crippen LogP contribution in [0.1, 0.15) is 51.4 Å². The van der Waals surface area contributed by atoms with Crippen LogP contribution in [0.25, 0.3) is 0 Å². The van der Waals surface area contributed by atoms with Crippen LogP contribution >= 0.6 is 0 Å². The SMILES string of the molecule is N#CC1(NC(=O)C2C3CCCCC32)CCCC1. The van der Waals surface area contributed by atoms with Crippen molar-refractivity contribution in [3.05, 3.63) is 0 Å². The van der Waals surface area contributed by atoms with E-state index in [1.54, 1.807) is 0 Å². The van der Waals surface area contributed by atoms with Crippen molar-refractivity contribution in [3.8, 4) is 6.07 Å². The molecular formula is C14H20N2O. The van der Waals surface area contributed by atoms with Crippen LogP contribution in [0.4, 0.5) is 0 Å². The molecule has 3 aliphatic carbocycles. The summed E-state index contributed by atoms with van der Waals surface area (Å²) in [5.74, 6) is 1.69. The van der Waals surface area contributed by atoms with Gasteiger partial charge in [-0.15, -0.1) is 0 Å². The van der Waals surface area contributed by atoms with Crippen molar-refractivity contribution < 1.29 is 4.79 Å². The van der Waals surface area contributed by atoms with Crippen molar-refractivity contribution in [1.82, 2.24) is 5.32 Å². The van der Waals surface area contributed by atoms with Crippen molar-refractivity contribution >= 4 is 5.91 Å². The van der Waals surface area contributed by atoms with Gasteiger partial charge in [0.2, 0.25) is 5.91 Å². The van der Waals surface area contributed by atoms with Gasteiger partial charge in [0.25, 0.3) is 0 Å². The van der Waals surface area contributed by atoms with Crippen molar-refractivity contribution in [1.29, 1.82) is 5.26 Å². The molecule has 3 saturated carbocycles. The number of fused-ring (bicyclic) bond motifs is 1. The smallest absolute Gasteiger partial charge is 0.224 e. The Morgan fingerprint density at radius 2 is 1.71 bits per heavy atom. The van der Waals surface area contributed by atoms with E-state index in [0.29, 0.717) is 11.8 Å². The zero-order valence-electron chi connectivity index (χ0n) is 10.2. The van der Waals surface area contributed by atoms with Crippen LogP contribution in [0.3, 0.4) is 0 Å². The molecule has 0 saturated heterocycles. The topological polar surface area (TPSA) is 52.9 Å². The highest BCUT2D eigenvalue weighted by molar-refractivity contribution is 5.83. The average Bonchev–Trinajstić information content (AvgIpc) is 2.92. The third-order valence-corrected chi connectivity index (χ3v) is 4.99. The van der Waals surface area contributed by atoms with Gasteiger partial charge in [0.05, 0.1) is 6.07 Å². The molecule has 3 fully saturated rings. The van der Waals surface area contributed by atoms with E-state index < -0.39 is 5.54 Å². The van der Waals surface area contributed by atoms with E-state index in [-0.39, 0.29) is 11.8 Å². The molecular weight excluding hydrogens is 212 g/mol. The molecule has 1 amide bonds. The number of nitriles is 1. The summed E-state index contributed by atoms with van der Waals surface area (Å²) in [5.41, 5.74) is -0.525. The molecule has 0 spiro atoms. The third kappa shape index (κ3) is 1.84. The highest BCUT2D eigenvalue weighted by atomic mass is 16.2. The second-order valence-electron chi connectivity index (χ2n) is 6.03. The molecule has 2 unspecified atom stereocenters. The minimum atomic E-state index is -0.525. The predicted molar refractivity (Wildman–Crippen MR) is 63.9 cm³/mol. The van der Waals surface area contributed by atoms with E-state index in [1.165, 1.54) is 25.7 Å². The normalized spacial score (nSPS) is 37.9. The van der Waals surface area contributed by atoms with Crippen LogP contribution in [0.2, 0.25) is 0 Å². The van der Waals surface area contributed by atoms with Gasteiger partial charge >= 0.3 is 0 Å². The van der Waals surface area contributed by atoms with E-state index in [9.17, 15) is 10.1 Å². The zero-order chi connectivity index (χ0) is 11.9. The summed E-state index contributed by atoms with van der Waals surface area (Å²) in [7, 11) is 0. The molecule has 0 bridgehead atoms. The van der Waals surface area contributed by atoms with Gasteiger partial charge in [0.1, 0.15) is 5.54 Å². The summed E-state index contributed by atoms with van der Waals surface area (Å²) in [6.07, 6.45) is 8.86. The monoisotopic (exact) mass is 232 g/mol. The van der Waals surface area contributed by atoms with Crippen LogP contribution in [-0.2, 0) is 4.79 Å². The Balaban J connectivity index is 1.62. The van der Waals surface area contributed by atoms with Crippen LogP contribution in [0.15, 0.2) is 0 Å². The lowest BCUT2D eigenvalue weighted by atomic mass is 9.99. The molecule has 17 heavy (non-hydrogen) atoms. The molecule has 0 aromatic heterocycles. The zero-order valence-corrected chi connectivity index (χ0v) is 10.2. The van der Waals surface area contributed by atoms with E-state index >= 15 is 0 Å². The maximum atomic E-state index is 12.2. The minimum Gasteiger partial charge on any atom is -0.338 e. The van der Waals surface area contributed by atoms with Crippen molar-refractivity contribution in [3.63, 3.8) is 0 Å². The van der Waals surface area contributed by atoms with Gasteiger partial charge in [0, 0.05) is 5.92 Å². The Morgan fingerprint density at radius 3 is 2.24 bits per heavy atom. The maximum Gasteiger partial charge on any atom is 0.224 e. The summed E-state index contributed by atoms with van der Waals surface area (Å²) in [6.45, 7) is 0. The average molecular weight is 232 g/mol. The summed E-state index contributed by atoms with van der Waals surface area (Å²) in [6, 6.07) is 2.34. The summed E-state index contributed by atoms with van der Waals surface area (Å²) in [5, 5.41) is 12.3. The number of hydrogen-bond donors (Lipinski definition) is 1. The number of carbonyl (C=O) groups is 1. The molecule has 0 aromatic rings. The van der Waals surface area contributed by atoms with Crippen molar-refractivity contribution in [2.24, 2.45) is 17.8 Å². The van der Waals surface area contributed by atoms with E-state index in [1.807, 2.05) is 0 Å². The lowest BCUT2D eigenvalue weighted by Crippen LogP contribution is -2.46. The lowest BCUT2D eigenvalue weighted by Gasteiger charge is -2.22. The lowest BCUT2D eigenvalue weighted by molar-refractivity contribution is -0.124. The summed E-state index contributed by atoms with van der Waals surface area (Å²) in [4.78, 5) is 12.2. The first-order valence-corrected chi connectivity index (χ1v) is 6.99. The third-order valence-electron chi connectivity index (χ3n) is 4.99. The first-order valence-electron chi connectivity index (χ1n) is 6.99. The second-order valence-corrected chi connectivity index (χ2v) is 6.03. The molecule has 3 heteroatoms. The van der Waals surface area contributed by atoms with Crippen molar-refractivity contribution in [2.45, 2.75) is 56.9 Å². The van der Waals surface area contributed by atoms with Gasteiger partial charge in [-0.05, 0) is 50.4 Å². The second kappa shape index (κ2) is 4.01. The Bertz CT molecular complexity index is 353. The molecule has 0 radical (unpaired) electrons. The van der Waals surface area contributed by atoms with Gasteiger partial charge in [-0.2, -0.15) is 5.26 Å². The Hall–Kier alpha value is -1.04. The van der Waals surface area contributed by atoms with E-state index in [0.717, 1.165) is 25.7 Å². The predicted octanol–water partition coefficient (Wildman–Crippen LogP) is 2.38. The Morgan fingerprint density at radius 1 is 1.12 bits per heavy atom. The van der Waals surface area contributed by atoms with Gasteiger partial charge in [-0.1, -0.05) is 12.8 Å². The van der Waals surface area contributed by atoms with Gasteiger partial charge < -0.3 is 5.32 Å². The highest BCUT2D eigenvalue weighted by Crippen LogP contribution is 2.55. The Labute approximate surface area is 103 Å². The quantitative estimate of drug-likeness (QED) is 0.794. The minimum absolute atomic E-state index is 0.172. The number of carbonyl (C=O) groups excluding carboxylic acids is 1. The number of nitrogens with zero attached hydrogens (tertiary/aromatic N) is 1.